The van der Waals surface area contributed by atoms with Crippen molar-refractivity contribution >= 4 is 22.8 Å². The molecule has 0 saturated heterocycles. The average molecular weight is 174 g/mol. The first-order chi connectivity index (χ1) is 5.15. The maximum Gasteiger partial charge on any atom is 0.341 e. The molecule has 1 atom stereocenters. The predicted molar refractivity (Wildman–Crippen MR) is 44.3 cm³/mol. The van der Waals surface area contributed by atoms with Gasteiger partial charge in [0.05, 0.1) is 12.2 Å². The van der Waals surface area contributed by atoms with Crippen LogP contribution in [0, 0.1) is 0 Å². The number of esters is 1. The van der Waals surface area contributed by atoms with Gasteiger partial charge < -0.3 is 4.74 Å². The lowest BCUT2D eigenvalue weighted by molar-refractivity contribution is -0.142. The Labute approximate surface area is 69.6 Å². The smallest absolute Gasteiger partial charge is 0.341 e. The van der Waals surface area contributed by atoms with Crippen LogP contribution in [0.15, 0.2) is 5.10 Å². The summed E-state index contributed by atoms with van der Waals surface area (Å²) in [4.78, 5) is 11.0. The van der Waals surface area contributed by atoms with E-state index in [2.05, 4.69) is 9.84 Å². The number of likely N-dealkylation sites (N-methyl/N-ethyl adjacent to an activating group) is 1. The first-order valence-electron chi connectivity index (χ1n) is 3.17. The minimum absolute atomic E-state index is 0.252. The van der Waals surface area contributed by atoms with E-state index in [1.807, 2.05) is 6.92 Å². The number of rotatable bonds is 1. The van der Waals surface area contributed by atoms with Gasteiger partial charge in [-0.3, -0.25) is 5.01 Å². The van der Waals surface area contributed by atoms with E-state index < -0.39 is 0 Å². The number of methoxy groups -OCH3 is 1. The maximum absolute atomic E-state index is 11.0. The summed E-state index contributed by atoms with van der Waals surface area (Å²) in [6.07, 6.45) is 0. The molecule has 0 bridgehead atoms. The highest BCUT2D eigenvalue weighted by molar-refractivity contribution is 8.15. The van der Waals surface area contributed by atoms with Crippen molar-refractivity contribution in [2.45, 2.75) is 12.3 Å². The predicted octanol–water partition coefficient (Wildman–Crippen LogP) is 0.497. The van der Waals surface area contributed by atoms with Crippen LogP contribution in [0.4, 0.5) is 0 Å². The van der Waals surface area contributed by atoms with Gasteiger partial charge in [-0.1, -0.05) is 11.8 Å². The summed E-state index contributed by atoms with van der Waals surface area (Å²) in [5.41, 5.74) is 0. The Morgan fingerprint density at radius 2 is 2.45 bits per heavy atom. The summed E-state index contributed by atoms with van der Waals surface area (Å²) in [7, 11) is 3.13. The van der Waals surface area contributed by atoms with Crippen LogP contribution in [-0.4, -0.2) is 35.6 Å². The van der Waals surface area contributed by atoms with Crippen LogP contribution in [0.5, 0.6) is 0 Å². The van der Waals surface area contributed by atoms with E-state index in [1.165, 1.54) is 18.9 Å². The molecule has 62 valence electrons. The highest BCUT2D eigenvalue weighted by Gasteiger charge is 2.29. The van der Waals surface area contributed by atoms with Crippen molar-refractivity contribution < 1.29 is 9.53 Å². The lowest BCUT2D eigenvalue weighted by Gasteiger charge is -2.14. The highest BCUT2D eigenvalue weighted by atomic mass is 32.2. The number of nitrogens with zero attached hydrogens (tertiary/aromatic N) is 2. The molecule has 0 aromatic heterocycles. The standard InChI is InChI=1S/C6H10N2O2S/c1-4-7-8(2)5(11-4)6(9)10-3/h5H,1-3H3. The van der Waals surface area contributed by atoms with Crippen molar-refractivity contribution in [2.75, 3.05) is 14.2 Å². The number of carbonyl (C=O) groups is 1. The number of ether oxygens (including phenoxy) is 1. The minimum atomic E-state index is -0.292. The maximum atomic E-state index is 11.0. The van der Waals surface area contributed by atoms with Crippen LogP contribution >= 0.6 is 11.8 Å². The van der Waals surface area contributed by atoms with Gasteiger partial charge >= 0.3 is 5.97 Å². The van der Waals surface area contributed by atoms with Crippen molar-refractivity contribution in [1.82, 2.24) is 5.01 Å². The Hall–Kier alpha value is -0.710. The summed E-state index contributed by atoms with van der Waals surface area (Å²) in [6.45, 7) is 1.87. The third-order valence-electron chi connectivity index (χ3n) is 1.32. The van der Waals surface area contributed by atoms with E-state index in [1.54, 1.807) is 12.1 Å². The number of hydrazone groups is 1. The molecule has 1 heterocycles. The lowest BCUT2D eigenvalue weighted by atomic mass is 10.6. The largest absolute Gasteiger partial charge is 0.467 e. The molecule has 11 heavy (non-hydrogen) atoms. The van der Waals surface area contributed by atoms with Crippen LogP contribution in [0.2, 0.25) is 0 Å². The first kappa shape index (κ1) is 8.39. The zero-order valence-corrected chi connectivity index (χ0v) is 7.51. The second-order valence-electron chi connectivity index (χ2n) is 2.19. The molecule has 5 heteroatoms. The summed E-state index contributed by atoms with van der Waals surface area (Å²) in [5.74, 6) is -0.252. The van der Waals surface area contributed by atoms with Crippen molar-refractivity contribution in [3.63, 3.8) is 0 Å². The molecule has 0 saturated carbocycles. The number of hydrogen-bond donors (Lipinski definition) is 0. The number of hydrogen-bond acceptors (Lipinski definition) is 5. The molecular weight excluding hydrogens is 164 g/mol. The quantitative estimate of drug-likeness (QED) is 0.543. The van der Waals surface area contributed by atoms with E-state index in [0.717, 1.165) is 5.04 Å². The monoisotopic (exact) mass is 174 g/mol. The third kappa shape index (κ3) is 1.65. The molecule has 4 nitrogen and oxygen atoms in total. The van der Waals surface area contributed by atoms with Gasteiger partial charge in [-0.2, -0.15) is 5.10 Å². The summed E-state index contributed by atoms with van der Waals surface area (Å²) in [5, 5.41) is 6.25. The Balaban J connectivity index is 2.59. The zero-order valence-electron chi connectivity index (χ0n) is 6.70. The van der Waals surface area contributed by atoms with Crippen LogP contribution in [0.3, 0.4) is 0 Å². The van der Waals surface area contributed by atoms with Gasteiger partial charge in [0.25, 0.3) is 0 Å². The zero-order chi connectivity index (χ0) is 8.43. The van der Waals surface area contributed by atoms with Crippen molar-refractivity contribution in [3.05, 3.63) is 0 Å². The molecule has 1 rings (SSSR count). The fourth-order valence-corrected chi connectivity index (χ4v) is 1.73. The number of thioether (sulfide) groups is 1. The molecule has 1 aliphatic heterocycles. The molecule has 0 fully saturated rings. The van der Waals surface area contributed by atoms with Crippen LogP contribution in [0.1, 0.15) is 6.92 Å². The van der Waals surface area contributed by atoms with Gasteiger partial charge in [-0.15, -0.1) is 0 Å². The molecular formula is C6H10N2O2S. The first-order valence-corrected chi connectivity index (χ1v) is 4.05. The summed E-state index contributed by atoms with van der Waals surface area (Å²) in [6, 6.07) is 0. The summed E-state index contributed by atoms with van der Waals surface area (Å²) >= 11 is 1.41. The molecule has 0 amide bonds. The third-order valence-corrected chi connectivity index (χ3v) is 2.47. The van der Waals surface area contributed by atoms with Gasteiger partial charge in [0.15, 0.2) is 5.37 Å². The van der Waals surface area contributed by atoms with Gasteiger partial charge in [0.1, 0.15) is 0 Å². The normalized spacial score (nSPS) is 23.4. The average Bonchev–Trinajstić information content (AvgIpc) is 2.28. The topological polar surface area (TPSA) is 41.9 Å². The molecule has 0 aliphatic carbocycles. The Morgan fingerprint density at radius 1 is 1.82 bits per heavy atom. The molecule has 0 aromatic rings. The van der Waals surface area contributed by atoms with Crippen LogP contribution < -0.4 is 0 Å². The van der Waals surface area contributed by atoms with Crippen molar-refractivity contribution in [1.29, 1.82) is 0 Å². The Kier molecular flexibility index (Phi) is 2.38. The molecule has 1 aliphatic rings. The summed E-state index contributed by atoms with van der Waals surface area (Å²) < 4.78 is 4.58. The van der Waals surface area contributed by atoms with Crippen LogP contribution in [0.25, 0.3) is 0 Å². The van der Waals surface area contributed by atoms with E-state index >= 15 is 0 Å². The second kappa shape index (κ2) is 3.13. The molecule has 1 unspecified atom stereocenters. The van der Waals surface area contributed by atoms with Gasteiger partial charge in [-0.05, 0) is 6.92 Å². The second-order valence-corrected chi connectivity index (χ2v) is 3.46. The van der Waals surface area contributed by atoms with E-state index in [-0.39, 0.29) is 11.3 Å². The van der Waals surface area contributed by atoms with E-state index in [9.17, 15) is 4.79 Å². The Bertz CT molecular complexity index is 205. The molecule has 0 N–H and O–H groups in total. The minimum Gasteiger partial charge on any atom is -0.467 e. The van der Waals surface area contributed by atoms with Crippen molar-refractivity contribution in [2.24, 2.45) is 5.10 Å². The molecule has 0 spiro atoms. The fourth-order valence-electron chi connectivity index (χ4n) is 0.837. The SMILES string of the molecule is COC(=O)C1SC(C)=NN1C. The van der Waals surface area contributed by atoms with Gasteiger partial charge in [0, 0.05) is 7.05 Å². The van der Waals surface area contributed by atoms with Gasteiger partial charge in [-0.25, -0.2) is 4.79 Å². The fraction of sp³-hybridized carbons (Fsp3) is 0.667. The molecule has 0 aromatic carbocycles. The van der Waals surface area contributed by atoms with E-state index in [4.69, 9.17) is 0 Å². The molecule has 0 radical (unpaired) electrons. The lowest BCUT2D eigenvalue weighted by Crippen LogP contribution is -2.29. The highest BCUT2D eigenvalue weighted by Crippen LogP contribution is 2.24. The van der Waals surface area contributed by atoms with E-state index in [0.29, 0.717) is 0 Å². The number of carbonyl (C=O) groups excluding carboxylic acids is 1. The van der Waals surface area contributed by atoms with Gasteiger partial charge in [0.2, 0.25) is 0 Å². The van der Waals surface area contributed by atoms with Crippen molar-refractivity contribution in [3.8, 4) is 0 Å². The Morgan fingerprint density at radius 3 is 2.82 bits per heavy atom. The van der Waals surface area contributed by atoms with Crippen LogP contribution in [-0.2, 0) is 9.53 Å².